The number of hydrogen-bond acceptors (Lipinski definition) is 5. The zero-order valence-corrected chi connectivity index (χ0v) is 16.5. The van der Waals surface area contributed by atoms with Crippen molar-refractivity contribution in [3.8, 4) is 17.2 Å². The van der Waals surface area contributed by atoms with E-state index in [4.69, 9.17) is 20.8 Å². The smallest absolute Gasteiger partial charge is 0.242 e. The zero-order chi connectivity index (χ0) is 19.4. The van der Waals surface area contributed by atoms with Gasteiger partial charge in [-0.2, -0.15) is 0 Å². The number of nitrogens with zero attached hydrogens (tertiary/aromatic N) is 1. The Bertz CT molecular complexity index is 1030. The molecule has 0 fully saturated rings. The Morgan fingerprint density at radius 3 is 2.59 bits per heavy atom. The van der Waals surface area contributed by atoms with Crippen molar-refractivity contribution >= 4 is 21.6 Å². The fourth-order valence-electron chi connectivity index (χ4n) is 2.50. The highest BCUT2D eigenvalue weighted by Crippen LogP contribution is 2.23. The van der Waals surface area contributed by atoms with Crippen LogP contribution in [0.3, 0.4) is 0 Å². The number of ether oxygens (including phenoxy) is 1. The van der Waals surface area contributed by atoms with Gasteiger partial charge in [-0.3, -0.25) is 0 Å². The average Bonchev–Trinajstić information content (AvgIpc) is 3.10. The lowest BCUT2D eigenvalue weighted by molar-refractivity contribution is 0.415. The van der Waals surface area contributed by atoms with E-state index in [0.717, 1.165) is 16.9 Å². The van der Waals surface area contributed by atoms with Gasteiger partial charge >= 0.3 is 0 Å². The maximum absolute atomic E-state index is 12.4. The van der Waals surface area contributed by atoms with Crippen LogP contribution >= 0.6 is 11.6 Å². The van der Waals surface area contributed by atoms with Crippen LogP contribution in [0.15, 0.2) is 58.0 Å². The molecule has 27 heavy (non-hydrogen) atoms. The highest BCUT2D eigenvalue weighted by molar-refractivity contribution is 7.89. The van der Waals surface area contributed by atoms with Crippen LogP contribution in [-0.4, -0.2) is 27.1 Å². The molecule has 3 rings (SSSR count). The van der Waals surface area contributed by atoms with E-state index in [-0.39, 0.29) is 16.5 Å². The third-order valence-corrected chi connectivity index (χ3v) is 5.88. The molecule has 0 spiro atoms. The molecule has 0 atom stereocenters. The van der Waals surface area contributed by atoms with Crippen molar-refractivity contribution in [1.82, 2.24) is 9.71 Å². The molecule has 2 aromatic carbocycles. The zero-order valence-electron chi connectivity index (χ0n) is 14.9. The molecule has 6 nitrogen and oxygen atoms in total. The molecule has 0 aliphatic rings. The third kappa shape index (κ3) is 4.68. The van der Waals surface area contributed by atoms with Crippen molar-refractivity contribution < 1.29 is 17.6 Å². The normalized spacial score (nSPS) is 11.5. The quantitative estimate of drug-likeness (QED) is 0.644. The Morgan fingerprint density at radius 2 is 1.93 bits per heavy atom. The first kappa shape index (κ1) is 19.4. The summed E-state index contributed by atoms with van der Waals surface area (Å²) in [5, 5.41) is 0.200. The second kappa shape index (κ2) is 8.12. The Hall–Kier alpha value is -2.35. The second-order valence-corrected chi connectivity index (χ2v) is 8.10. The van der Waals surface area contributed by atoms with Gasteiger partial charge in [0.05, 0.1) is 17.8 Å². The first-order valence-corrected chi connectivity index (χ1v) is 10.1. The largest absolute Gasteiger partial charge is 0.497 e. The van der Waals surface area contributed by atoms with E-state index in [1.807, 2.05) is 31.2 Å². The molecule has 0 aliphatic heterocycles. The summed E-state index contributed by atoms with van der Waals surface area (Å²) in [5.41, 5.74) is 2.36. The van der Waals surface area contributed by atoms with Gasteiger partial charge in [0.15, 0.2) is 0 Å². The standard InChI is InChI=1S/C19H19ClN2O4S/c1-13-3-8-18(17(20)11-13)27(23,24)21-10-9-15-12-26-19(22-15)14-4-6-16(25-2)7-5-14/h3-8,11-12,21H,9-10H2,1-2H3. The number of aromatic nitrogens is 1. The Kier molecular flexibility index (Phi) is 5.84. The van der Waals surface area contributed by atoms with Gasteiger partial charge in [-0.15, -0.1) is 0 Å². The Balaban J connectivity index is 1.63. The molecule has 3 aromatic rings. The van der Waals surface area contributed by atoms with Gasteiger partial charge in [0.1, 0.15) is 16.9 Å². The average molecular weight is 407 g/mol. The third-order valence-electron chi connectivity index (χ3n) is 3.94. The number of methoxy groups -OCH3 is 1. The number of aryl methyl sites for hydroxylation is 1. The van der Waals surface area contributed by atoms with E-state index in [1.165, 1.54) is 12.3 Å². The predicted molar refractivity (Wildman–Crippen MR) is 104 cm³/mol. The lowest BCUT2D eigenvalue weighted by Gasteiger charge is -2.08. The van der Waals surface area contributed by atoms with Crippen molar-refractivity contribution in [2.75, 3.05) is 13.7 Å². The number of nitrogens with one attached hydrogen (secondary N) is 1. The van der Waals surface area contributed by atoms with Crippen LogP contribution in [0.4, 0.5) is 0 Å². The summed E-state index contributed by atoms with van der Waals surface area (Å²) in [7, 11) is -2.08. The van der Waals surface area contributed by atoms with Crippen molar-refractivity contribution in [1.29, 1.82) is 0 Å². The van der Waals surface area contributed by atoms with Gasteiger partial charge in [-0.25, -0.2) is 18.1 Å². The van der Waals surface area contributed by atoms with Gasteiger partial charge in [-0.1, -0.05) is 17.7 Å². The molecular weight excluding hydrogens is 388 g/mol. The van der Waals surface area contributed by atoms with Gasteiger partial charge in [0, 0.05) is 18.5 Å². The van der Waals surface area contributed by atoms with Crippen molar-refractivity contribution in [3.05, 3.63) is 65.0 Å². The van der Waals surface area contributed by atoms with Gasteiger partial charge in [0.25, 0.3) is 0 Å². The molecule has 8 heteroatoms. The maximum atomic E-state index is 12.4. The molecule has 0 saturated carbocycles. The van der Waals surface area contributed by atoms with Crippen LogP contribution in [0.5, 0.6) is 5.75 Å². The minimum Gasteiger partial charge on any atom is -0.497 e. The summed E-state index contributed by atoms with van der Waals surface area (Å²) in [6.07, 6.45) is 1.91. The number of halogens is 1. The van der Waals surface area contributed by atoms with E-state index in [0.29, 0.717) is 18.0 Å². The summed E-state index contributed by atoms with van der Waals surface area (Å²) >= 11 is 6.05. The van der Waals surface area contributed by atoms with Crippen LogP contribution in [0, 0.1) is 6.92 Å². The van der Waals surface area contributed by atoms with Crippen LogP contribution in [-0.2, 0) is 16.4 Å². The number of sulfonamides is 1. The summed E-state index contributed by atoms with van der Waals surface area (Å²) in [6, 6.07) is 12.1. The molecule has 0 radical (unpaired) electrons. The highest BCUT2D eigenvalue weighted by atomic mass is 35.5. The van der Waals surface area contributed by atoms with Gasteiger partial charge in [0.2, 0.25) is 15.9 Å². The summed E-state index contributed by atoms with van der Waals surface area (Å²) in [4.78, 5) is 4.45. The van der Waals surface area contributed by atoms with E-state index in [2.05, 4.69) is 9.71 Å². The van der Waals surface area contributed by atoms with E-state index in [9.17, 15) is 8.42 Å². The molecule has 0 saturated heterocycles. The molecule has 1 heterocycles. The molecule has 0 bridgehead atoms. The predicted octanol–water partition coefficient (Wildman–Crippen LogP) is 3.83. The van der Waals surface area contributed by atoms with Crippen LogP contribution < -0.4 is 9.46 Å². The molecule has 1 aromatic heterocycles. The molecule has 0 unspecified atom stereocenters. The summed E-state index contributed by atoms with van der Waals surface area (Å²) in [5.74, 6) is 1.21. The van der Waals surface area contributed by atoms with Crippen LogP contribution in [0.2, 0.25) is 5.02 Å². The first-order chi connectivity index (χ1) is 12.9. The Labute approximate surface area is 163 Å². The monoisotopic (exact) mass is 406 g/mol. The number of rotatable bonds is 7. The van der Waals surface area contributed by atoms with Gasteiger partial charge in [-0.05, 0) is 48.9 Å². The SMILES string of the molecule is COc1ccc(-c2nc(CCNS(=O)(=O)c3ccc(C)cc3Cl)co2)cc1. The number of hydrogen-bond donors (Lipinski definition) is 1. The lowest BCUT2D eigenvalue weighted by atomic mass is 10.2. The van der Waals surface area contributed by atoms with Crippen molar-refractivity contribution in [2.24, 2.45) is 0 Å². The minimum atomic E-state index is -3.69. The first-order valence-electron chi connectivity index (χ1n) is 8.24. The second-order valence-electron chi connectivity index (χ2n) is 5.95. The van der Waals surface area contributed by atoms with E-state index >= 15 is 0 Å². The van der Waals surface area contributed by atoms with Crippen LogP contribution in [0.1, 0.15) is 11.3 Å². The lowest BCUT2D eigenvalue weighted by Crippen LogP contribution is -2.26. The van der Waals surface area contributed by atoms with Crippen molar-refractivity contribution in [2.45, 2.75) is 18.2 Å². The molecule has 1 N–H and O–H groups in total. The van der Waals surface area contributed by atoms with E-state index in [1.54, 1.807) is 19.2 Å². The maximum Gasteiger partial charge on any atom is 0.242 e. The Morgan fingerprint density at radius 1 is 1.19 bits per heavy atom. The number of oxazole rings is 1. The van der Waals surface area contributed by atoms with Crippen molar-refractivity contribution in [3.63, 3.8) is 0 Å². The highest BCUT2D eigenvalue weighted by Gasteiger charge is 2.17. The van der Waals surface area contributed by atoms with Gasteiger partial charge < -0.3 is 9.15 Å². The fourth-order valence-corrected chi connectivity index (χ4v) is 4.13. The topological polar surface area (TPSA) is 81.4 Å². The fraction of sp³-hybridized carbons (Fsp3) is 0.211. The summed E-state index contributed by atoms with van der Waals surface area (Å²) < 4.78 is 37.9. The molecular formula is C19H19ClN2O4S. The minimum absolute atomic E-state index is 0.0637. The number of benzene rings is 2. The van der Waals surface area contributed by atoms with E-state index < -0.39 is 10.0 Å². The van der Waals surface area contributed by atoms with Crippen LogP contribution in [0.25, 0.3) is 11.5 Å². The molecule has 0 aliphatic carbocycles. The summed E-state index contributed by atoms with van der Waals surface area (Å²) in [6.45, 7) is 2.03. The molecule has 142 valence electrons. The molecule has 0 amide bonds.